The zero-order valence-electron chi connectivity index (χ0n) is 12.1. The first kappa shape index (κ1) is 14.0. The van der Waals surface area contributed by atoms with Crippen LogP contribution in [0.4, 0.5) is 0 Å². The molecule has 1 aromatic rings. The summed E-state index contributed by atoms with van der Waals surface area (Å²) in [5.41, 5.74) is 1.29. The zero-order chi connectivity index (χ0) is 14.0. The van der Waals surface area contributed by atoms with Crippen LogP contribution in [0.2, 0.25) is 0 Å². The lowest BCUT2D eigenvalue weighted by Gasteiger charge is -2.36. The van der Waals surface area contributed by atoms with Crippen LogP contribution in [-0.4, -0.2) is 29.2 Å². The molecule has 1 aromatic carbocycles. The van der Waals surface area contributed by atoms with Gasteiger partial charge in [-0.25, -0.2) is 0 Å². The molecule has 0 spiro atoms. The van der Waals surface area contributed by atoms with E-state index in [1.165, 1.54) is 5.56 Å². The molecule has 0 saturated carbocycles. The normalized spacial score (nSPS) is 29.0. The number of nitrogens with zero attached hydrogens (tertiary/aromatic N) is 1. The van der Waals surface area contributed by atoms with Gasteiger partial charge in [-0.1, -0.05) is 42.1 Å². The molecule has 4 heteroatoms. The van der Waals surface area contributed by atoms with Crippen LogP contribution in [0.1, 0.15) is 38.3 Å². The molecule has 0 amide bonds. The monoisotopic (exact) mass is 290 g/mol. The minimum absolute atomic E-state index is 0.0153. The highest BCUT2D eigenvalue weighted by atomic mass is 32.2. The average molecular weight is 290 g/mol. The number of nitrogens with one attached hydrogen (secondary N) is 1. The van der Waals surface area contributed by atoms with Gasteiger partial charge in [0.2, 0.25) is 0 Å². The molecular formula is C16H22N2OS. The number of ether oxygens (including phenoxy) is 1. The van der Waals surface area contributed by atoms with E-state index in [4.69, 9.17) is 9.73 Å². The van der Waals surface area contributed by atoms with Crippen LogP contribution in [-0.2, 0) is 4.74 Å². The molecule has 108 valence electrons. The fraction of sp³-hybridized carbons (Fsp3) is 0.562. The van der Waals surface area contributed by atoms with Gasteiger partial charge in [0.15, 0.2) is 5.17 Å². The Kier molecular flexibility index (Phi) is 4.03. The van der Waals surface area contributed by atoms with E-state index in [2.05, 4.69) is 49.5 Å². The van der Waals surface area contributed by atoms with Crippen molar-refractivity contribution in [2.45, 2.75) is 44.4 Å². The van der Waals surface area contributed by atoms with E-state index >= 15 is 0 Å². The third-order valence-corrected chi connectivity index (χ3v) is 4.84. The molecule has 20 heavy (non-hydrogen) atoms. The highest BCUT2D eigenvalue weighted by Crippen LogP contribution is 2.31. The first-order valence-electron chi connectivity index (χ1n) is 7.28. The Morgan fingerprint density at radius 2 is 2.10 bits per heavy atom. The Morgan fingerprint density at radius 3 is 2.85 bits per heavy atom. The predicted octanol–water partition coefficient (Wildman–Crippen LogP) is 3.38. The van der Waals surface area contributed by atoms with Gasteiger partial charge in [0.05, 0.1) is 11.6 Å². The molecule has 0 bridgehead atoms. The SMILES string of the molecule is CC1(C)CC(NC2=NC(c3ccccc3)CS2)CCO1. The average Bonchev–Trinajstić information content (AvgIpc) is 2.87. The van der Waals surface area contributed by atoms with Gasteiger partial charge in [0, 0.05) is 18.4 Å². The smallest absolute Gasteiger partial charge is 0.157 e. The quantitative estimate of drug-likeness (QED) is 0.906. The van der Waals surface area contributed by atoms with E-state index in [0.717, 1.165) is 30.4 Å². The summed E-state index contributed by atoms with van der Waals surface area (Å²) in [6.07, 6.45) is 2.11. The number of benzene rings is 1. The van der Waals surface area contributed by atoms with Gasteiger partial charge in [-0.3, -0.25) is 4.99 Å². The highest BCUT2D eigenvalue weighted by molar-refractivity contribution is 8.14. The van der Waals surface area contributed by atoms with Crippen LogP contribution in [0.5, 0.6) is 0 Å². The Labute approximate surface area is 125 Å². The van der Waals surface area contributed by atoms with E-state index in [1.807, 2.05) is 11.8 Å². The lowest BCUT2D eigenvalue weighted by molar-refractivity contribution is -0.0603. The number of hydrogen-bond donors (Lipinski definition) is 1. The first-order valence-corrected chi connectivity index (χ1v) is 8.27. The molecule has 0 aliphatic carbocycles. The van der Waals surface area contributed by atoms with Crippen molar-refractivity contribution in [1.82, 2.24) is 5.32 Å². The predicted molar refractivity (Wildman–Crippen MR) is 85.3 cm³/mol. The van der Waals surface area contributed by atoms with Gasteiger partial charge in [-0.2, -0.15) is 0 Å². The van der Waals surface area contributed by atoms with E-state index < -0.39 is 0 Å². The third-order valence-electron chi connectivity index (χ3n) is 3.86. The molecule has 1 N–H and O–H groups in total. The fourth-order valence-electron chi connectivity index (χ4n) is 2.83. The number of rotatable bonds is 2. The molecule has 2 atom stereocenters. The topological polar surface area (TPSA) is 33.6 Å². The molecule has 2 heterocycles. The van der Waals surface area contributed by atoms with Crippen LogP contribution in [0, 0.1) is 0 Å². The molecule has 0 aromatic heterocycles. The van der Waals surface area contributed by atoms with E-state index in [-0.39, 0.29) is 5.60 Å². The Bertz CT molecular complexity index is 487. The number of amidine groups is 1. The van der Waals surface area contributed by atoms with Gasteiger partial charge < -0.3 is 10.1 Å². The minimum Gasteiger partial charge on any atom is -0.375 e. The maximum atomic E-state index is 5.76. The zero-order valence-corrected chi connectivity index (χ0v) is 13.0. The second-order valence-corrected chi connectivity index (χ2v) is 7.12. The maximum absolute atomic E-state index is 5.76. The molecule has 2 aliphatic heterocycles. The summed E-state index contributed by atoms with van der Waals surface area (Å²) in [5.74, 6) is 1.04. The van der Waals surface area contributed by atoms with Gasteiger partial charge in [0.25, 0.3) is 0 Å². The van der Waals surface area contributed by atoms with Crippen LogP contribution in [0.15, 0.2) is 35.3 Å². The summed E-state index contributed by atoms with van der Waals surface area (Å²) in [6.45, 7) is 5.17. The van der Waals surface area contributed by atoms with E-state index in [1.54, 1.807) is 0 Å². The molecular weight excluding hydrogens is 268 g/mol. The van der Waals surface area contributed by atoms with Crippen molar-refractivity contribution >= 4 is 16.9 Å². The lowest BCUT2D eigenvalue weighted by Crippen LogP contribution is -2.44. The Morgan fingerprint density at radius 1 is 1.30 bits per heavy atom. The molecule has 3 rings (SSSR count). The van der Waals surface area contributed by atoms with E-state index in [9.17, 15) is 0 Å². The van der Waals surface area contributed by atoms with Crippen LogP contribution in [0.3, 0.4) is 0 Å². The van der Waals surface area contributed by atoms with Crippen molar-refractivity contribution < 1.29 is 4.74 Å². The van der Waals surface area contributed by atoms with Crippen LogP contribution < -0.4 is 5.32 Å². The second-order valence-electron chi connectivity index (χ2n) is 6.11. The molecule has 1 saturated heterocycles. The molecule has 2 aliphatic rings. The van der Waals surface area contributed by atoms with Gasteiger partial charge in [-0.05, 0) is 32.3 Å². The van der Waals surface area contributed by atoms with Crippen molar-refractivity contribution in [3.63, 3.8) is 0 Å². The summed E-state index contributed by atoms with van der Waals surface area (Å²) < 4.78 is 5.76. The number of thioether (sulfide) groups is 1. The summed E-state index contributed by atoms with van der Waals surface area (Å²) >= 11 is 1.84. The van der Waals surface area contributed by atoms with Crippen molar-refractivity contribution in [1.29, 1.82) is 0 Å². The van der Waals surface area contributed by atoms with Gasteiger partial charge in [0.1, 0.15) is 0 Å². The first-order chi connectivity index (χ1) is 9.62. The van der Waals surface area contributed by atoms with Crippen molar-refractivity contribution in [3.05, 3.63) is 35.9 Å². The summed E-state index contributed by atoms with van der Waals surface area (Å²) in [5, 5.41) is 4.70. The van der Waals surface area contributed by atoms with Crippen LogP contribution in [0.25, 0.3) is 0 Å². The molecule has 2 unspecified atom stereocenters. The molecule has 1 fully saturated rings. The van der Waals surface area contributed by atoms with Crippen molar-refractivity contribution in [2.24, 2.45) is 4.99 Å². The van der Waals surface area contributed by atoms with Gasteiger partial charge >= 0.3 is 0 Å². The van der Waals surface area contributed by atoms with E-state index in [0.29, 0.717) is 12.1 Å². The summed E-state index contributed by atoms with van der Waals surface area (Å²) in [6, 6.07) is 11.3. The Balaban J connectivity index is 1.61. The Hall–Kier alpha value is -1.00. The maximum Gasteiger partial charge on any atom is 0.157 e. The third kappa shape index (κ3) is 3.36. The largest absolute Gasteiger partial charge is 0.375 e. The van der Waals surface area contributed by atoms with Gasteiger partial charge in [-0.15, -0.1) is 0 Å². The number of hydrogen-bond acceptors (Lipinski definition) is 4. The summed E-state index contributed by atoms with van der Waals surface area (Å²) in [7, 11) is 0. The van der Waals surface area contributed by atoms with Crippen LogP contribution >= 0.6 is 11.8 Å². The minimum atomic E-state index is -0.0153. The number of aliphatic imine (C=N–C) groups is 1. The van der Waals surface area contributed by atoms with Crippen molar-refractivity contribution in [3.8, 4) is 0 Å². The second kappa shape index (κ2) is 5.78. The summed E-state index contributed by atoms with van der Waals surface area (Å²) in [4.78, 5) is 4.83. The molecule has 3 nitrogen and oxygen atoms in total. The highest BCUT2D eigenvalue weighted by Gasteiger charge is 2.30. The standard InChI is InChI=1S/C16H22N2OS/c1-16(2)10-13(8-9-19-16)17-15-18-14(11-20-15)12-6-4-3-5-7-12/h3-7,13-14H,8-11H2,1-2H3,(H,17,18). The fourth-order valence-corrected chi connectivity index (χ4v) is 3.86. The van der Waals surface area contributed by atoms with Crippen molar-refractivity contribution in [2.75, 3.05) is 12.4 Å². The molecule has 0 radical (unpaired) electrons. The lowest BCUT2D eigenvalue weighted by atomic mass is 9.94.